The Morgan fingerprint density at radius 3 is 2.48 bits per heavy atom. The molecular weight excluding hydrogens is 345 g/mol. The standard InChI is InChI=1S/C19H25ClFNO3/c1-19(2,3)25-18(23)22-9-12-4-5-13(10-22)15(12)11-24-17-7-6-14(21)8-16(17)20/h6-8,12-13,15H,4-5,9-11H2,1-3H3. The van der Waals surface area contributed by atoms with Crippen molar-refractivity contribution in [1.82, 2.24) is 4.90 Å². The number of hydrogen-bond donors (Lipinski definition) is 0. The topological polar surface area (TPSA) is 38.8 Å². The first-order valence-corrected chi connectivity index (χ1v) is 9.16. The van der Waals surface area contributed by atoms with E-state index in [9.17, 15) is 9.18 Å². The Morgan fingerprint density at radius 1 is 1.28 bits per heavy atom. The van der Waals surface area contributed by atoms with Crippen LogP contribution in [-0.4, -0.2) is 36.3 Å². The molecule has 2 unspecified atom stereocenters. The quantitative estimate of drug-likeness (QED) is 0.771. The summed E-state index contributed by atoms with van der Waals surface area (Å²) in [6.45, 7) is 7.60. The normalized spacial score (nSPS) is 25.8. The highest BCUT2D eigenvalue weighted by Crippen LogP contribution is 2.42. The minimum atomic E-state index is -0.477. The van der Waals surface area contributed by atoms with Crippen LogP contribution in [-0.2, 0) is 4.74 Å². The monoisotopic (exact) mass is 369 g/mol. The number of amides is 1. The molecule has 2 fully saturated rings. The van der Waals surface area contributed by atoms with Gasteiger partial charge >= 0.3 is 6.09 Å². The SMILES string of the molecule is CC(C)(C)OC(=O)N1CC2CCC(C1)C2COc1ccc(F)cc1Cl. The summed E-state index contributed by atoms with van der Waals surface area (Å²) >= 11 is 6.03. The predicted molar refractivity (Wildman–Crippen MR) is 94.4 cm³/mol. The molecular formula is C19H25ClFNO3. The second kappa shape index (κ2) is 7.02. The van der Waals surface area contributed by atoms with Crippen molar-refractivity contribution in [2.75, 3.05) is 19.7 Å². The predicted octanol–water partition coefficient (Wildman–Crippen LogP) is 4.75. The summed E-state index contributed by atoms with van der Waals surface area (Å²) in [6, 6.07) is 4.17. The number of piperidine rings is 1. The van der Waals surface area contributed by atoms with Crippen LogP contribution in [0.5, 0.6) is 5.75 Å². The molecule has 0 spiro atoms. The van der Waals surface area contributed by atoms with Gasteiger partial charge in [0.05, 0.1) is 11.6 Å². The largest absolute Gasteiger partial charge is 0.492 e. The highest BCUT2D eigenvalue weighted by atomic mass is 35.5. The number of likely N-dealkylation sites (tertiary alicyclic amines) is 1. The Balaban J connectivity index is 1.58. The van der Waals surface area contributed by atoms with Gasteiger partial charge in [0.2, 0.25) is 0 Å². The van der Waals surface area contributed by atoms with Crippen molar-refractivity contribution in [1.29, 1.82) is 0 Å². The molecule has 1 amide bonds. The first-order chi connectivity index (χ1) is 11.7. The maximum atomic E-state index is 13.1. The van der Waals surface area contributed by atoms with Gasteiger partial charge in [-0.05, 0) is 63.6 Å². The van der Waals surface area contributed by atoms with Crippen LogP contribution in [0.25, 0.3) is 0 Å². The molecule has 25 heavy (non-hydrogen) atoms. The molecule has 0 N–H and O–H groups in total. The van der Waals surface area contributed by atoms with Gasteiger partial charge in [-0.1, -0.05) is 11.6 Å². The average molecular weight is 370 g/mol. The Bertz CT molecular complexity index is 632. The number of carbonyl (C=O) groups is 1. The Hall–Kier alpha value is -1.49. The summed E-state index contributed by atoms with van der Waals surface area (Å²) in [5.41, 5.74) is -0.477. The van der Waals surface area contributed by atoms with Crippen molar-refractivity contribution in [2.45, 2.75) is 39.2 Å². The minimum Gasteiger partial charge on any atom is -0.492 e. The van der Waals surface area contributed by atoms with E-state index in [1.54, 1.807) is 6.07 Å². The zero-order chi connectivity index (χ0) is 18.2. The molecule has 1 aliphatic carbocycles. The van der Waals surface area contributed by atoms with Crippen molar-refractivity contribution < 1.29 is 18.7 Å². The van der Waals surface area contributed by atoms with Gasteiger partial charge in [-0.25, -0.2) is 9.18 Å². The minimum absolute atomic E-state index is 0.231. The van der Waals surface area contributed by atoms with Gasteiger partial charge < -0.3 is 14.4 Å². The van der Waals surface area contributed by atoms with Crippen LogP contribution in [0.1, 0.15) is 33.6 Å². The smallest absolute Gasteiger partial charge is 0.410 e. The van der Waals surface area contributed by atoms with Gasteiger partial charge in [-0.3, -0.25) is 0 Å². The Kier molecular flexibility index (Phi) is 5.14. The average Bonchev–Trinajstić information content (AvgIpc) is 2.74. The van der Waals surface area contributed by atoms with Crippen LogP contribution in [0.4, 0.5) is 9.18 Å². The highest BCUT2D eigenvalue weighted by Gasteiger charge is 2.44. The van der Waals surface area contributed by atoms with E-state index in [1.807, 2.05) is 25.7 Å². The van der Waals surface area contributed by atoms with Crippen molar-refractivity contribution in [3.8, 4) is 5.75 Å². The van der Waals surface area contributed by atoms with Gasteiger partial charge in [-0.2, -0.15) is 0 Å². The fourth-order valence-corrected chi connectivity index (χ4v) is 4.08. The first kappa shape index (κ1) is 18.3. The van der Waals surface area contributed by atoms with Gasteiger partial charge in [0.15, 0.2) is 0 Å². The second-order valence-electron chi connectivity index (χ2n) is 8.03. The molecule has 1 aromatic rings. The molecule has 6 heteroatoms. The summed E-state index contributed by atoms with van der Waals surface area (Å²) in [5.74, 6) is 1.34. The van der Waals surface area contributed by atoms with Crippen LogP contribution in [0.3, 0.4) is 0 Å². The molecule has 3 rings (SSSR count). The van der Waals surface area contributed by atoms with Gasteiger partial charge in [0.1, 0.15) is 17.2 Å². The van der Waals surface area contributed by atoms with E-state index in [1.165, 1.54) is 12.1 Å². The lowest BCUT2D eigenvalue weighted by atomic mass is 9.86. The number of hydrogen-bond acceptors (Lipinski definition) is 3. The van der Waals surface area contributed by atoms with E-state index >= 15 is 0 Å². The van der Waals surface area contributed by atoms with E-state index in [0.717, 1.165) is 12.8 Å². The molecule has 1 heterocycles. The molecule has 2 atom stereocenters. The van der Waals surface area contributed by atoms with E-state index in [-0.39, 0.29) is 11.9 Å². The summed E-state index contributed by atoms with van der Waals surface area (Å²) in [5, 5.41) is 0.290. The van der Waals surface area contributed by atoms with E-state index in [4.69, 9.17) is 21.1 Å². The molecule has 2 aliphatic rings. The number of fused-ring (bicyclic) bond motifs is 2. The van der Waals surface area contributed by atoms with Crippen molar-refractivity contribution >= 4 is 17.7 Å². The lowest BCUT2D eigenvalue weighted by Crippen LogP contribution is -2.48. The third-order valence-corrected chi connectivity index (χ3v) is 5.30. The number of rotatable bonds is 3. The Morgan fingerprint density at radius 2 is 1.92 bits per heavy atom. The lowest BCUT2D eigenvalue weighted by Gasteiger charge is -2.38. The van der Waals surface area contributed by atoms with Gasteiger partial charge in [-0.15, -0.1) is 0 Å². The zero-order valence-corrected chi connectivity index (χ0v) is 15.7. The third-order valence-electron chi connectivity index (χ3n) is 5.01. The second-order valence-corrected chi connectivity index (χ2v) is 8.44. The van der Waals surface area contributed by atoms with Crippen molar-refractivity contribution in [3.63, 3.8) is 0 Å². The zero-order valence-electron chi connectivity index (χ0n) is 14.9. The van der Waals surface area contributed by atoms with E-state index in [0.29, 0.717) is 48.2 Å². The van der Waals surface area contributed by atoms with Crippen LogP contribution in [0, 0.1) is 23.6 Å². The number of ether oxygens (including phenoxy) is 2. The van der Waals surface area contributed by atoms with Crippen LogP contribution in [0.2, 0.25) is 5.02 Å². The summed E-state index contributed by atoms with van der Waals surface area (Å²) in [7, 11) is 0. The third kappa shape index (κ3) is 4.38. The molecule has 1 aliphatic heterocycles. The molecule has 1 aromatic carbocycles. The van der Waals surface area contributed by atoms with Gasteiger partial charge in [0.25, 0.3) is 0 Å². The van der Waals surface area contributed by atoms with Crippen molar-refractivity contribution in [2.24, 2.45) is 17.8 Å². The summed E-state index contributed by atoms with van der Waals surface area (Å²) < 4.78 is 24.5. The van der Waals surface area contributed by atoms with E-state index < -0.39 is 5.60 Å². The molecule has 2 bridgehead atoms. The molecule has 0 aromatic heterocycles. The first-order valence-electron chi connectivity index (χ1n) is 8.79. The van der Waals surface area contributed by atoms with Crippen LogP contribution in [0.15, 0.2) is 18.2 Å². The molecule has 1 saturated heterocycles. The Labute approximate surface area is 153 Å². The van der Waals surface area contributed by atoms with Gasteiger partial charge in [0, 0.05) is 19.0 Å². The fraction of sp³-hybridized carbons (Fsp3) is 0.632. The van der Waals surface area contributed by atoms with Crippen LogP contribution >= 0.6 is 11.6 Å². The molecule has 0 radical (unpaired) electrons. The maximum Gasteiger partial charge on any atom is 0.410 e. The number of halogens is 2. The van der Waals surface area contributed by atoms with Crippen molar-refractivity contribution in [3.05, 3.63) is 29.0 Å². The number of nitrogens with zero attached hydrogens (tertiary/aromatic N) is 1. The summed E-state index contributed by atoms with van der Waals surface area (Å²) in [4.78, 5) is 14.1. The number of carbonyl (C=O) groups excluding carboxylic acids is 1. The maximum absolute atomic E-state index is 13.1. The summed E-state index contributed by atoms with van der Waals surface area (Å²) in [6.07, 6.45) is 1.95. The number of benzene rings is 1. The molecule has 1 saturated carbocycles. The highest BCUT2D eigenvalue weighted by molar-refractivity contribution is 6.32. The fourth-order valence-electron chi connectivity index (χ4n) is 3.86. The lowest BCUT2D eigenvalue weighted by molar-refractivity contribution is 0.00338. The molecule has 4 nitrogen and oxygen atoms in total. The molecule has 138 valence electrons. The van der Waals surface area contributed by atoms with E-state index in [2.05, 4.69) is 0 Å². The van der Waals surface area contributed by atoms with Crippen LogP contribution < -0.4 is 4.74 Å².